The van der Waals surface area contributed by atoms with Crippen molar-refractivity contribution in [2.75, 3.05) is 13.2 Å². The second-order valence-corrected chi connectivity index (χ2v) is 10.8. The van der Waals surface area contributed by atoms with Crippen molar-refractivity contribution in [3.8, 4) is 0 Å². The summed E-state index contributed by atoms with van der Waals surface area (Å²) in [7, 11) is 0. The molecule has 0 saturated heterocycles. The third kappa shape index (κ3) is 3.41. The number of benzene rings is 1. The van der Waals surface area contributed by atoms with Gasteiger partial charge in [-0.2, -0.15) is 5.10 Å². The van der Waals surface area contributed by atoms with Crippen LogP contribution in [0.5, 0.6) is 0 Å². The van der Waals surface area contributed by atoms with Gasteiger partial charge in [0, 0.05) is 12.2 Å². The van der Waals surface area contributed by atoms with Crippen LogP contribution in [0, 0.1) is 5.41 Å². The number of aryl methyl sites for hydroxylation is 1. The van der Waals surface area contributed by atoms with Crippen LogP contribution < -0.4 is 5.32 Å². The summed E-state index contributed by atoms with van der Waals surface area (Å²) in [5.41, 5.74) is 9.27. The molecule has 2 N–H and O–H groups in total. The van der Waals surface area contributed by atoms with E-state index in [1.54, 1.807) is 0 Å². The smallest absolute Gasteiger partial charge is 0.237 e. The van der Waals surface area contributed by atoms with Gasteiger partial charge < -0.3 is 15.0 Å². The summed E-state index contributed by atoms with van der Waals surface area (Å²) < 4.78 is 6.01. The van der Waals surface area contributed by atoms with Gasteiger partial charge >= 0.3 is 0 Å². The van der Waals surface area contributed by atoms with E-state index in [0.717, 1.165) is 55.5 Å². The highest BCUT2D eigenvalue weighted by molar-refractivity contribution is 5.93. The molecule has 1 atom stereocenters. The molecule has 6 rings (SSSR count). The highest BCUT2D eigenvalue weighted by Crippen LogP contribution is 2.56. The second kappa shape index (κ2) is 8.77. The Labute approximate surface area is 213 Å². The Morgan fingerprint density at radius 2 is 1.94 bits per heavy atom. The summed E-state index contributed by atoms with van der Waals surface area (Å²) in [5, 5.41) is 11.5. The number of ether oxygens (including phenoxy) is 1. The van der Waals surface area contributed by atoms with Crippen molar-refractivity contribution < 1.29 is 9.53 Å². The van der Waals surface area contributed by atoms with Crippen LogP contribution in [0.15, 0.2) is 65.0 Å². The molecule has 1 aromatic heterocycles. The van der Waals surface area contributed by atoms with Crippen LogP contribution in [0.4, 0.5) is 0 Å². The van der Waals surface area contributed by atoms with Crippen molar-refractivity contribution in [3.63, 3.8) is 0 Å². The minimum Gasteiger partial charge on any atom is -0.375 e. The number of aromatic amines is 1. The fourth-order valence-corrected chi connectivity index (χ4v) is 6.86. The predicted octanol–water partition coefficient (Wildman–Crippen LogP) is 5.27. The van der Waals surface area contributed by atoms with E-state index < -0.39 is 5.41 Å². The Balaban J connectivity index is 1.33. The molecule has 6 nitrogen and oxygen atoms in total. The van der Waals surface area contributed by atoms with E-state index >= 15 is 0 Å². The number of aromatic nitrogens is 2. The number of hydrogen-bond acceptors (Lipinski definition) is 4. The van der Waals surface area contributed by atoms with Crippen molar-refractivity contribution >= 4 is 11.6 Å². The molecule has 1 aromatic carbocycles. The first kappa shape index (κ1) is 23.3. The van der Waals surface area contributed by atoms with Gasteiger partial charge in [-0.3, -0.25) is 9.89 Å². The van der Waals surface area contributed by atoms with E-state index in [9.17, 15) is 4.79 Å². The lowest BCUT2D eigenvalue weighted by Gasteiger charge is -2.37. The Kier molecular flexibility index (Phi) is 5.67. The molecule has 0 bridgehead atoms. The molecule has 188 valence electrons. The first-order valence-electron chi connectivity index (χ1n) is 13.4. The van der Waals surface area contributed by atoms with E-state index in [1.165, 1.54) is 28.0 Å². The molecule has 2 aliphatic carbocycles. The fraction of sp³-hybridized carbons (Fsp3) is 0.467. The highest BCUT2D eigenvalue weighted by atomic mass is 16.5. The average Bonchev–Trinajstić information content (AvgIpc) is 3.49. The van der Waals surface area contributed by atoms with Gasteiger partial charge in [0.15, 0.2) is 0 Å². The molecule has 2 aromatic rings. The third-order valence-electron chi connectivity index (χ3n) is 8.88. The van der Waals surface area contributed by atoms with Crippen LogP contribution in [-0.4, -0.2) is 39.7 Å². The van der Waals surface area contributed by atoms with E-state index in [2.05, 4.69) is 54.5 Å². The number of amides is 1. The number of allylic oxidation sites excluding steroid dienone is 1. The van der Waals surface area contributed by atoms with Crippen LogP contribution in [0.2, 0.25) is 0 Å². The molecule has 1 amide bonds. The zero-order chi connectivity index (χ0) is 24.9. The number of hydrogen-bond donors (Lipinski definition) is 2. The number of rotatable bonds is 7. The molecule has 36 heavy (non-hydrogen) atoms. The number of carbonyl (C=O) groups excluding carboxylic acids is 1. The standard InChI is InChI=1S/C30H36N4O2/c1-4-30(5-2)24-17-29(3)23(22-13-9-12-21-18-31-33-26(21)27(22)32-29)16-25(24)34(28(30)35)14-15-36-19-20-10-7-6-8-11-20/h6-8,10-11,16,18,32H,4-5,9,12-15,17,19H2,1-3H3,(H,31,33). The first-order valence-corrected chi connectivity index (χ1v) is 13.4. The van der Waals surface area contributed by atoms with Gasteiger partial charge in [0.2, 0.25) is 5.91 Å². The number of carbonyl (C=O) groups is 1. The topological polar surface area (TPSA) is 70.2 Å². The fourth-order valence-electron chi connectivity index (χ4n) is 6.86. The number of nitrogens with zero attached hydrogens (tertiary/aromatic N) is 2. The van der Waals surface area contributed by atoms with Crippen LogP contribution in [0.1, 0.15) is 69.7 Å². The Morgan fingerprint density at radius 1 is 1.14 bits per heavy atom. The SMILES string of the molecule is CCC1(CC)C(=O)N(CCOCc2ccccc2)C2=C1CC1(C)NC3=C(CCCc4cn[nH]c43)C1=C2. The van der Waals surface area contributed by atoms with Gasteiger partial charge in [0.1, 0.15) is 0 Å². The lowest BCUT2D eigenvalue weighted by molar-refractivity contribution is -0.136. The normalized spacial score (nSPS) is 24.1. The van der Waals surface area contributed by atoms with Gasteiger partial charge in [0.25, 0.3) is 0 Å². The molecule has 2 aliphatic heterocycles. The third-order valence-corrected chi connectivity index (χ3v) is 8.88. The zero-order valence-corrected chi connectivity index (χ0v) is 21.6. The molecule has 0 radical (unpaired) electrons. The lowest BCUT2D eigenvalue weighted by atomic mass is 9.68. The molecule has 1 unspecified atom stereocenters. The summed E-state index contributed by atoms with van der Waals surface area (Å²) in [6.07, 6.45) is 9.97. The van der Waals surface area contributed by atoms with E-state index in [0.29, 0.717) is 19.8 Å². The largest absolute Gasteiger partial charge is 0.375 e. The molecular formula is C30H36N4O2. The average molecular weight is 485 g/mol. The van der Waals surface area contributed by atoms with Gasteiger partial charge in [-0.25, -0.2) is 0 Å². The molecular weight excluding hydrogens is 448 g/mol. The quantitative estimate of drug-likeness (QED) is 0.526. The second-order valence-electron chi connectivity index (χ2n) is 10.8. The molecule has 6 heteroatoms. The molecule has 3 heterocycles. The van der Waals surface area contributed by atoms with Crippen molar-refractivity contribution in [2.24, 2.45) is 5.41 Å². The molecule has 0 fully saturated rings. The van der Waals surface area contributed by atoms with E-state index in [1.807, 2.05) is 29.3 Å². The van der Waals surface area contributed by atoms with Gasteiger partial charge in [-0.15, -0.1) is 0 Å². The van der Waals surface area contributed by atoms with Crippen LogP contribution in [0.3, 0.4) is 0 Å². The maximum absolute atomic E-state index is 14.0. The Morgan fingerprint density at radius 3 is 2.72 bits per heavy atom. The monoisotopic (exact) mass is 484 g/mol. The van der Waals surface area contributed by atoms with Crippen LogP contribution >= 0.6 is 0 Å². The summed E-state index contributed by atoms with van der Waals surface area (Å²) >= 11 is 0. The van der Waals surface area contributed by atoms with Gasteiger partial charge in [-0.05, 0) is 79.4 Å². The highest BCUT2D eigenvalue weighted by Gasteiger charge is 2.55. The summed E-state index contributed by atoms with van der Waals surface area (Å²) in [6, 6.07) is 10.2. The van der Waals surface area contributed by atoms with Crippen molar-refractivity contribution in [1.29, 1.82) is 0 Å². The first-order chi connectivity index (χ1) is 17.5. The number of H-pyrrole nitrogens is 1. The number of nitrogens with one attached hydrogen (secondary N) is 2. The lowest BCUT2D eigenvalue weighted by Crippen LogP contribution is -2.43. The van der Waals surface area contributed by atoms with Crippen LogP contribution in [0.25, 0.3) is 5.70 Å². The molecule has 0 spiro atoms. The van der Waals surface area contributed by atoms with Crippen molar-refractivity contribution in [1.82, 2.24) is 20.4 Å². The summed E-state index contributed by atoms with van der Waals surface area (Å²) in [4.78, 5) is 16.0. The zero-order valence-electron chi connectivity index (χ0n) is 21.6. The maximum Gasteiger partial charge on any atom is 0.237 e. The van der Waals surface area contributed by atoms with Crippen molar-refractivity contribution in [3.05, 3.63) is 81.8 Å². The Bertz CT molecular complexity index is 1280. The minimum absolute atomic E-state index is 0.209. The van der Waals surface area contributed by atoms with Crippen molar-refractivity contribution in [2.45, 2.75) is 71.4 Å². The minimum atomic E-state index is -0.430. The Hall–Kier alpha value is -3.12. The molecule has 4 aliphatic rings. The van der Waals surface area contributed by atoms with Crippen LogP contribution in [-0.2, 0) is 22.6 Å². The summed E-state index contributed by atoms with van der Waals surface area (Å²) in [5.74, 6) is 0.243. The van der Waals surface area contributed by atoms with Gasteiger partial charge in [-0.1, -0.05) is 44.2 Å². The predicted molar refractivity (Wildman–Crippen MR) is 141 cm³/mol. The number of fused-ring (bicyclic) bond motifs is 4. The maximum atomic E-state index is 14.0. The summed E-state index contributed by atoms with van der Waals surface area (Å²) in [6.45, 7) is 8.29. The van der Waals surface area contributed by atoms with E-state index in [-0.39, 0.29) is 11.4 Å². The molecule has 0 saturated carbocycles. The van der Waals surface area contributed by atoms with Gasteiger partial charge in [0.05, 0.1) is 41.8 Å². The van der Waals surface area contributed by atoms with E-state index in [4.69, 9.17) is 4.74 Å².